The average Bonchev–Trinajstić information content (AvgIpc) is 2.65. The molecule has 0 aromatic carbocycles. The van der Waals surface area contributed by atoms with E-state index in [1.807, 2.05) is 0 Å². The predicted molar refractivity (Wildman–Crippen MR) is 53.2 cm³/mol. The largest absolute Gasteiger partial charge is 0.390 e. The highest BCUT2D eigenvalue weighted by atomic mass is 16.6. The molecule has 0 aromatic rings. The Hall–Kier alpha value is -0.690. The maximum absolute atomic E-state index is 11.5. The van der Waals surface area contributed by atoms with Gasteiger partial charge in [0.25, 0.3) is 0 Å². The van der Waals surface area contributed by atoms with Crippen LogP contribution in [-0.4, -0.2) is 56.1 Å². The monoisotopic (exact) mass is 221 g/mol. The first-order valence-electron chi connectivity index (χ1n) is 5.97. The number of nitrogens with one attached hydrogen (secondary N) is 1. The Morgan fingerprint density at radius 3 is 3.47 bits per heavy atom. The van der Waals surface area contributed by atoms with Crippen LogP contribution < -0.4 is 11.1 Å². The van der Waals surface area contributed by atoms with Crippen LogP contribution in [0, 0.1) is 0 Å². The average molecular weight is 221 g/mol. The molecule has 0 bridgehead atoms. The molecule has 4 N–H and O–H groups in total. The second kappa shape index (κ2) is 6.02. The molecule has 4 atom stereocenters. The Kier molecular flexibility index (Phi) is 3.82. The number of amides is 1. The molecule has 6 nitrogen and oxygen atoms in total. The molecular weight excluding hydrogens is 200 g/mol. The fourth-order valence-electron chi connectivity index (χ4n) is 1.45. The molecule has 1 heterocycles. The van der Waals surface area contributed by atoms with Crippen LogP contribution in [0.2, 0.25) is 0 Å². The Morgan fingerprint density at radius 2 is 2.80 bits per heavy atom. The first kappa shape index (κ1) is 9.53. The highest BCUT2D eigenvalue weighted by Crippen LogP contribution is 2.20. The number of aliphatic hydroxyl groups is 1. The molecule has 0 saturated carbocycles. The van der Waals surface area contributed by atoms with E-state index in [1.165, 1.54) is 0 Å². The van der Waals surface area contributed by atoms with Crippen LogP contribution in [0.3, 0.4) is 0 Å². The first-order valence-corrected chi connectivity index (χ1v) is 4.82. The van der Waals surface area contributed by atoms with E-state index in [0.717, 1.165) is 0 Å². The van der Waals surface area contributed by atoms with Crippen molar-refractivity contribution in [3.05, 3.63) is 0 Å². The van der Waals surface area contributed by atoms with Gasteiger partial charge in [0, 0.05) is 26.6 Å². The molecule has 0 aliphatic carbocycles. The van der Waals surface area contributed by atoms with Crippen LogP contribution in [0.4, 0.5) is 0 Å². The van der Waals surface area contributed by atoms with Crippen molar-refractivity contribution in [1.82, 2.24) is 5.32 Å². The predicted octanol–water partition coefficient (Wildman–Crippen LogP) is -1.77. The summed E-state index contributed by atoms with van der Waals surface area (Å²) >= 11 is 0. The van der Waals surface area contributed by atoms with E-state index in [2.05, 4.69) is 5.32 Å². The van der Waals surface area contributed by atoms with Crippen molar-refractivity contribution in [3.8, 4) is 0 Å². The summed E-state index contributed by atoms with van der Waals surface area (Å²) in [6.07, 6.45) is -2.02. The molecule has 1 aliphatic heterocycles. The second-order valence-electron chi connectivity index (χ2n) is 3.38. The minimum atomic E-state index is -1.42. The number of methoxy groups -OCH3 is 1. The van der Waals surface area contributed by atoms with E-state index >= 15 is 0 Å². The lowest BCUT2D eigenvalue weighted by atomic mass is 10.1. The van der Waals surface area contributed by atoms with Gasteiger partial charge in [0.1, 0.15) is 12.2 Å². The van der Waals surface area contributed by atoms with Crippen molar-refractivity contribution in [2.75, 3.05) is 26.8 Å². The smallest absolute Gasteiger partial charge is 0.249 e. The van der Waals surface area contributed by atoms with Crippen LogP contribution in [-0.2, 0) is 14.3 Å². The molecule has 4 unspecified atom stereocenters. The summed E-state index contributed by atoms with van der Waals surface area (Å²) in [5, 5.41) is 12.2. The fraction of sp³-hybridized carbons (Fsp3) is 0.889. The number of hydrogen-bond donors (Lipinski definition) is 3. The van der Waals surface area contributed by atoms with Crippen molar-refractivity contribution in [2.45, 2.75) is 24.7 Å². The normalized spacial score (nSPS) is 34.4. The van der Waals surface area contributed by atoms with Gasteiger partial charge >= 0.3 is 0 Å². The number of aliphatic hydroxyl groups excluding tert-OH is 1. The molecule has 1 amide bonds. The summed E-state index contributed by atoms with van der Waals surface area (Å²) in [4.78, 5) is 11.5. The molecule has 1 aliphatic rings. The zero-order valence-corrected chi connectivity index (χ0v) is 8.39. The topological polar surface area (TPSA) is 93.8 Å². The Morgan fingerprint density at radius 1 is 2.00 bits per heavy atom. The molecular formula is C9H18N2O4. The van der Waals surface area contributed by atoms with Crippen molar-refractivity contribution in [1.29, 1.82) is 0 Å². The highest BCUT2D eigenvalue weighted by molar-refractivity contribution is 5.81. The van der Waals surface area contributed by atoms with Gasteiger partial charge in [0.05, 0.1) is 15.5 Å². The quantitative estimate of drug-likeness (QED) is 0.510. The van der Waals surface area contributed by atoms with Crippen molar-refractivity contribution < 1.29 is 22.1 Å². The molecule has 15 heavy (non-hydrogen) atoms. The SMILES string of the molecule is [2H]C([3H])OCC1OC(C(=O)NCCN)CC1O. The van der Waals surface area contributed by atoms with Crippen LogP contribution >= 0.6 is 0 Å². The van der Waals surface area contributed by atoms with Crippen LogP contribution in [0.15, 0.2) is 0 Å². The zero-order chi connectivity index (χ0) is 12.8. The molecule has 1 fully saturated rings. The van der Waals surface area contributed by atoms with Crippen LogP contribution in [0.25, 0.3) is 0 Å². The summed E-state index contributed by atoms with van der Waals surface area (Å²) in [6.45, 7) is 0.629. The molecule has 0 aromatic heterocycles. The van der Waals surface area contributed by atoms with Crippen LogP contribution in [0.5, 0.6) is 0 Å². The molecule has 88 valence electrons. The summed E-state index contributed by atoms with van der Waals surface area (Å²) in [5.41, 5.74) is 5.24. The number of carbonyl (C=O) groups is 1. The molecule has 0 radical (unpaired) electrons. The lowest BCUT2D eigenvalue weighted by Crippen LogP contribution is -2.37. The lowest BCUT2D eigenvalue weighted by molar-refractivity contribution is -0.133. The van der Waals surface area contributed by atoms with E-state index in [0.29, 0.717) is 13.1 Å². The number of hydrogen-bond acceptors (Lipinski definition) is 5. The Bertz CT molecular complexity index is 255. The van der Waals surface area contributed by atoms with E-state index in [9.17, 15) is 9.90 Å². The number of rotatable bonds is 5. The van der Waals surface area contributed by atoms with Gasteiger partial charge in [-0.1, -0.05) is 0 Å². The highest BCUT2D eigenvalue weighted by Gasteiger charge is 2.37. The molecule has 6 heteroatoms. The van der Waals surface area contributed by atoms with Gasteiger partial charge in [-0.3, -0.25) is 4.79 Å². The number of ether oxygens (including phenoxy) is 2. The van der Waals surface area contributed by atoms with E-state index in [1.54, 1.807) is 0 Å². The van der Waals surface area contributed by atoms with Gasteiger partial charge < -0.3 is 25.6 Å². The Balaban J connectivity index is 2.35. The lowest BCUT2D eigenvalue weighted by Gasteiger charge is -2.13. The van der Waals surface area contributed by atoms with Gasteiger partial charge in [0.2, 0.25) is 5.91 Å². The van der Waals surface area contributed by atoms with Gasteiger partial charge in [-0.25, -0.2) is 0 Å². The zero-order valence-electron chi connectivity index (χ0n) is 10.4. The van der Waals surface area contributed by atoms with Gasteiger partial charge in [0.15, 0.2) is 0 Å². The number of nitrogens with two attached hydrogens (primary N) is 1. The summed E-state index contributed by atoms with van der Waals surface area (Å²) < 4.78 is 23.7. The summed E-state index contributed by atoms with van der Waals surface area (Å²) in [6, 6.07) is 0. The van der Waals surface area contributed by atoms with E-state index in [4.69, 9.17) is 17.9 Å². The maximum Gasteiger partial charge on any atom is 0.249 e. The number of carbonyl (C=O) groups excluding carboxylic acids is 1. The molecule has 1 saturated heterocycles. The van der Waals surface area contributed by atoms with Crippen molar-refractivity contribution in [2.24, 2.45) is 5.73 Å². The Labute approximate surface area is 91.5 Å². The maximum atomic E-state index is 11.5. The van der Waals surface area contributed by atoms with Crippen molar-refractivity contribution in [3.63, 3.8) is 0 Å². The summed E-state index contributed by atoms with van der Waals surface area (Å²) in [7, 11) is -1.42. The second-order valence-corrected chi connectivity index (χ2v) is 3.38. The van der Waals surface area contributed by atoms with Crippen LogP contribution in [0.1, 0.15) is 9.16 Å². The fourth-order valence-corrected chi connectivity index (χ4v) is 1.45. The van der Waals surface area contributed by atoms with Gasteiger partial charge in [-0.05, 0) is 0 Å². The third-order valence-electron chi connectivity index (χ3n) is 2.22. The standard InChI is InChI=1S/C9H18N2O4/c1-14-5-8-6(12)4-7(15-8)9(13)11-3-2-10/h6-8,12H,2-5,10H2,1H3,(H,11,13)/i1TD. The first-order chi connectivity index (χ1) is 8.04. The van der Waals surface area contributed by atoms with E-state index in [-0.39, 0.29) is 18.9 Å². The molecule has 1 rings (SSSR count). The minimum absolute atomic E-state index is 0.0699. The van der Waals surface area contributed by atoms with Gasteiger partial charge in [-0.2, -0.15) is 0 Å². The third-order valence-corrected chi connectivity index (χ3v) is 2.22. The van der Waals surface area contributed by atoms with Gasteiger partial charge in [-0.15, -0.1) is 0 Å². The van der Waals surface area contributed by atoms with Crippen molar-refractivity contribution >= 4 is 5.91 Å². The summed E-state index contributed by atoms with van der Waals surface area (Å²) in [5.74, 6) is -0.315. The molecule has 0 spiro atoms. The van der Waals surface area contributed by atoms with E-state index < -0.39 is 25.4 Å². The third kappa shape index (κ3) is 3.42. The minimum Gasteiger partial charge on any atom is -0.390 e.